The van der Waals surface area contributed by atoms with Crippen molar-refractivity contribution >= 4 is 5.69 Å². The molecule has 1 heterocycles. The number of nitrogens with two attached hydrogens (primary N) is 1. The minimum atomic E-state index is -0.180. The van der Waals surface area contributed by atoms with Gasteiger partial charge in [-0.25, -0.2) is 4.39 Å². The Kier molecular flexibility index (Phi) is 3.71. The van der Waals surface area contributed by atoms with Crippen LogP contribution in [-0.2, 0) is 6.54 Å². The number of hydrogen-bond donors (Lipinski definition) is 1. The van der Waals surface area contributed by atoms with Gasteiger partial charge < -0.3 is 10.6 Å². The Morgan fingerprint density at radius 3 is 2.53 bits per heavy atom. The van der Waals surface area contributed by atoms with E-state index in [4.69, 9.17) is 5.73 Å². The standard InChI is InChI=1S/C15H22FN3/c16-14-2-1-3-15(13(14)10-17)19-8-6-18(7-9-19)11-12-4-5-12/h1-3,12H,4-11,17H2. The van der Waals surface area contributed by atoms with Crippen molar-refractivity contribution in [1.29, 1.82) is 0 Å². The molecule has 1 saturated carbocycles. The molecule has 0 aromatic heterocycles. The second-order valence-electron chi connectivity index (χ2n) is 5.67. The predicted molar refractivity (Wildman–Crippen MR) is 75.7 cm³/mol. The summed E-state index contributed by atoms with van der Waals surface area (Å²) in [4.78, 5) is 4.81. The number of halogens is 1. The lowest BCUT2D eigenvalue weighted by Crippen LogP contribution is -2.47. The second-order valence-corrected chi connectivity index (χ2v) is 5.67. The van der Waals surface area contributed by atoms with Crippen molar-refractivity contribution in [2.24, 2.45) is 11.7 Å². The molecule has 2 fully saturated rings. The van der Waals surface area contributed by atoms with Crippen LogP contribution < -0.4 is 10.6 Å². The SMILES string of the molecule is NCc1c(F)cccc1N1CCN(CC2CC2)CC1. The number of hydrogen-bond acceptors (Lipinski definition) is 3. The molecule has 1 aliphatic heterocycles. The van der Waals surface area contributed by atoms with Crippen molar-refractivity contribution in [3.63, 3.8) is 0 Å². The van der Waals surface area contributed by atoms with Gasteiger partial charge in [0.05, 0.1) is 0 Å². The zero-order chi connectivity index (χ0) is 13.2. The second kappa shape index (κ2) is 5.47. The Morgan fingerprint density at radius 1 is 1.16 bits per heavy atom. The summed E-state index contributed by atoms with van der Waals surface area (Å²) in [6.07, 6.45) is 2.81. The highest BCUT2D eigenvalue weighted by atomic mass is 19.1. The van der Waals surface area contributed by atoms with Crippen LogP contribution in [0.4, 0.5) is 10.1 Å². The van der Waals surface area contributed by atoms with Crippen LogP contribution in [0.2, 0.25) is 0 Å². The van der Waals surface area contributed by atoms with Gasteiger partial charge in [0.25, 0.3) is 0 Å². The first-order chi connectivity index (χ1) is 9.28. The van der Waals surface area contributed by atoms with Crippen LogP contribution in [0.5, 0.6) is 0 Å². The Balaban J connectivity index is 1.65. The van der Waals surface area contributed by atoms with Gasteiger partial charge in [0, 0.05) is 50.5 Å². The molecule has 0 unspecified atom stereocenters. The maximum atomic E-state index is 13.7. The predicted octanol–water partition coefficient (Wildman–Crippen LogP) is 1.82. The molecule has 0 bridgehead atoms. The summed E-state index contributed by atoms with van der Waals surface area (Å²) in [6.45, 7) is 5.63. The molecule has 3 nitrogen and oxygen atoms in total. The molecule has 2 N–H and O–H groups in total. The maximum Gasteiger partial charge on any atom is 0.129 e. The van der Waals surface area contributed by atoms with Crippen molar-refractivity contribution < 1.29 is 4.39 Å². The number of rotatable bonds is 4. The molecule has 0 spiro atoms. The van der Waals surface area contributed by atoms with Crippen LogP contribution in [0.15, 0.2) is 18.2 Å². The van der Waals surface area contributed by atoms with Crippen LogP contribution in [0.1, 0.15) is 18.4 Å². The van der Waals surface area contributed by atoms with E-state index in [9.17, 15) is 4.39 Å². The fourth-order valence-corrected chi connectivity index (χ4v) is 2.88. The molecule has 3 rings (SSSR count). The van der Waals surface area contributed by atoms with Gasteiger partial charge in [-0.15, -0.1) is 0 Å². The van der Waals surface area contributed by atoms with Gasteiger partial charge >= 0.3 is 0 Å². The maximum absolute atomic E-state index is 13.7. The molecule has 0 atom stereocenters. The van der Waals surface area contributed by atoms with Crippen LogP contribution in [-0.4, -0.2) is 37.6 Å². The summed E-state index contributed by atoms with van der Waals surface area (Å²) >= 11 is 0. The molecule has 1 aromatic rings. The quantitative estimate of drug-likeness (QED) is 0.899. The average molecular weight is 263 g/mol. The Labute approximate surface area is 114 Å². The van der Waals surface area contributed by atoms with Crippen LogP contribution in [0.25, 0.3) is 0 Å². The minimum absolute atomic E-state index is 0.180. The van der Waals surface area contributed by atoms with E-state index < -0.39 is 0 Å². The Hall–Kier alpha value is -1.13. The van der Waals surface area contributed by atoms with Gasteiger partial charge in [-0.2, -0.15) is 0 Å². The van der Waals surface area contributed by atoms with Crippen LogP contribution >= 0.6 is 0 Å². The zero-order valence-corrected chi connectivity index (χ0v) is 11.3. The van der Waals surface area contributed by atoms with Gasteiger partial charge in [0.2, 0.25) is 0 Å². The van der Waals surface area contributed by atoms with Crippen molar-refractivity contribution in [3.05, 3.63) is 29.6 Å². The molecule has 0 radical (unpaired) electrons. The first-order valence-electron chi connectivity index (χ1n) is 7.22. The number of nitrogens with zero attached hydrogens (tertiary/aromatic N) is 2. The summed E-state index contributed by atoms with van der Waals surface area (Å²) < 4.78 is 13.7. The summed E-state index contributed by atoms with van der Waals surface area (Å²) in [5.41, 5.74) is 7.31. The fraction of sp³-hybridized carbons (Fsp3) is 0.600. The topological polar surface area (TPSA) is 32.5 Å². The zero-order valence-electron chi connectivity index (χ0n) is 11.3. The highest BCUT2D eigenvalue weighted by Crippen LogP contribution is 2.30. The molecule has 1 saturated heterocycles. The molecule has 2 aliphatic rings. The Bertz CT molecular complexity index is 437. The molecular formula is C15H22FN3. The lowest BCUT2D eigenvalue weighted by molar-refractivity contribution is 0.248. The van der Waals surface area contributed by atoms with E-state index in [0.29, 0.717) is 5.56 Å². The number of anilines is 1. The fourth-order valence-electron chi connectivity index (χ4n) is 2.88. The molecular weight excluding hydrogens is 241 g/mol. The van der Waals surface area contributed by atoms with Gasteiger partial charge in [0.1, 0.15) is 5.82 Å². The van der Waals surface area contributed by atoms with Gasteiger partial charge in [0.15, 0.2) is 0 Å². The number of benzene rings is 1. The third-order valence-electron chi connectivity index (χ3n) is 4.22. The summed E-state index contributed by atoms with van der Waals surface area (Å²) in [6, 6.07) is 5.26. The third kappa shape index (κ3) is 2.90. The van der Waals surface area contributed by atoms with Crippen molar-refractivity contribution in [2.75, 3.05) is 37.6 Å². The largest absolute Gasteiger partial charge is 0.369 e. The van der Waals surface area contributed by atoms with Crippen LogP contribution in [0, 0.1) is 11.7 Å². The average Bonchev–Trinajstić information content (AvgIpc) is 3.23. The lowest BCUT2D eigenvalue weighted by Gasteiger charge is -2.37. The third-order valence-corrected chi connectivity index (χ3v) is 4.22. The smallest absolute Gasteiger partial charge is 0.129 e. The van der Waals surface area contributed by atoms with Crippen molar-refractivity contribution in [1.82, 2.24) is 4.90 Å². The molecule has 4 heteroatoms. The highest BCUT2D eigenvalue weighted by Gasteiger charge is 2.27. The van der Waals surface area contributed by atoms with Gasteiger partial charge in [-0.1, -0.05) is 6.07 Å². The molecule has 19 heavy (non-hydrogen) atoms. The molecule has 1 aromatic carbocycles. The molecule has 0 amide bonds. The normalized spacial score (nSPS) is 20.8. The highest BCUT2D eigenvalue weighted by molar-refractivity contribution is 5.54. The van der Waals surface area contributed by atoms with E-state index in [-0.39, 0.29) is 12.4 Å². The van der Waals surface area contributed by atoms with Crippen LogP contribution in [0.3, 0.4) is 0 Å². The van der Waals surface area contributed by atoms with E-state index in [1.165, 1.54) is 25.5 Å². The summed E-state index contributed by atoms with van der Waals surface area (Å²) in [7, 11) is 0. The first-order valence-corrected chi connectivity index (χ1v) is 7.22. The van der Waals surface area contributed by atoms with E-state index in [0.717, 1.165) is 37.8 Å². The van der Waals surface area contributed by atoms with E-state index in [1.54, 1.807) is 6.07 Å². The monoisotopic (exact) mass is 263 g/mol. The molecule has 104 valence electrons. The van der Waals surface area contributed by atoms with Gasteiger partial charge in [-0.05, 0) is 30.9 Å². The van der Waals surface area contributed by atoms with E-state index in [1.807, 2.05) is 6.07 Å². The Morgan fingerprint density at radius 2 is 1.89 bits per heavy atom. The molecule has 1 aliphatic carbocycles. The summed E-state index contributed by atoms with van der Waals surface area (Å²) in [5.74, 6) is 0.765. The number of piperazine rings is 1. The van der Waals surface area contributed by atoms with Gasteiger partial charge in [-0.3, -0.25) is 4.90 Å². The summed E-state index contributed by atoms with van der Waals surface area (Å²) in [5, 5.41) is 0. The minimum Gasteiger partial charge on any atom is -0.369 e. The van der Waals surface area contributed by atoms with E-state index in [2.05, 4.69) is 9.80 Å². The lowest BCUT2D eigenvalue weighted by atomic mass is 10.1. The first kappa shape index (κ1) is 12.9. The van der Waals surface area contributed by atoms with E-state index >= 15 is 0 Å². The van der Waals surface area contributed by atoms with Crippen molar-refractivity contribution in [3.8, 4) is 0 Å². The van der Waals surface area contributed by atoms with Crippen molar-refractivity contribution in [2.45, 2.75) is 19.4 Å².